The molecule has 7 heteroatoms. The molecule has 2 aromatic rings. The van der Waals surface area contributed by atoms with Crippen LogP contribution in [0.2, 0.25) is 10.0 Å². The van der Waals surface area contributed by atoms with Crippen molar-refractivity contribution in [2.75, 3.05) is 18.5 Å². The second-order valence-electron chi connectivity index (χ2n) is 4.71. The minimum absolute atomic E-state index is 0.0551. The SMILES string of the molecule is COc1ccc(S(=O)(=O)N(C)c2cccc(C)c2)c(Cl)c1Cl. The summed E-state index contributed by atoms with van der Waals surface area (Å²) >= 11 is 12.1. The van der Waals surface area contributed by atoms with Crippen LogP contribution in [0.3, 0.4) is 0 Å². The molecular formula is C15H15Cl2NO3S. The predicted molar refractivity (Wildman–Crippen MR) is 89.8 cm³/mol. The Morgan fingerprint density at radius 3 is 2.36 bits per heavy atom. The molecule has 0 aliphatic heterocycles. The first kappa shape index (κ1) is 16.9. The summed E-state index contributed by atoms with van der Waals surface area (Å²) in [5.41, 5.74) is 1.50. The van der Waals surface area contributed by atoms with Gasteiger partial charge in [0.1, 0.15) is 15.7 Å². The summed E-state index contributed by atoms with van der Waals surface area (Å²) in [6.45, 7) is 1.89. The van der Waals surface area contributed by atoms with Gasteiger partial charge >= 0.3 is 0 Å². The van der Waals surface area contributed by atoms with Gasteiger partial charge in [0.15, 0.2) is 0 Å². The van der Waals surface area contributed by atoms with Gasteiger partial charge in [-0.15, -0.1) is 0 Å². The summed E-state index contributed by atoms with van der Waals surface area (Å²) in [7, 11) is -0.920. The van der Waals surface area contributed by atoms with Gasteiger partial charge in [0.2, 0.25) is 0 Å². The van der Waals surface area contributed by atoms with Gasteiger partial charge in [-0.25, -0.2) is 8.42 Å². The number of nitrogens with zero attached hydrogens (tertiary/aromatic N) is 1. The van der Waals surface area contributed by atoms with Gasteiger partial charge in [-0.05, 0) is 36.8 Å². The highest BCUT2D eigenvalue weighted by molar-refractivity contribution is 7.93. The second kappa shape index (κ2) is 6.36. The number of halogens is 2. The largest absolute Gasteiger partial charge is 0.495 e. The van der Waals surface area contributed by atoms with Crippen molar-refractivity contribution >= 4 is 38.9 Å². The molecule has 0 fully saturated rings. The molecule has 0 heterocycles. The number of sulfonamides is 1. The topological polar surface area (TPSA) is 46.6 Å². The van der Waals surface area contributed by atoms with Crippen LogP contribution < -0.4 is 9.04 Å². The Hall–Kier alpha value is -1.43. The maximum atomic E-state index is 12.8. The lowest BCUT2D eigenvalue weighted by Crippen LogP contribution is -2.26. The van der Waals surface area contributed by atoms with E-state index in [9.17, 15) is 8.42 Å². The van der Waals surface area contributed by atoms with Crippen LogP contribution in [0.15, 0.2) is 41.3 Å². The van der Waals surface area contributed by atoms with Crippen LogP contribution in [0, 0.1) is 6.92 Å². The fourth-order valence-electron chi connectivity index (χ4n) is 1.98. The van der Waals surface area contributed by atoms with Gasteiger partial charge in [0.25, 0.3) is 10.0 Å². The zero-order chi connectivity index (χ0) is 16.5. The number of anilines is 1. The van der Waals surface area contributed by atoms with Crippen molar-refractivity contribution in [2.24, 2.45) is 0 Å². The molecule has 0 saturated carbocycles. The van der Waals surface area contributed by atoms with Crippen LogP contribution in [0.4, 0.5) is 5.69 Å². The first-order valence-corrected chi connectivity index (χ1v) is 8.56. The van der Waals surface area contributed by atoms with E-state index in [1.807, 2.05) is 13.0 Å². The molecule has 0 N–H and O–H groups in total. The van der Waals surface area contributed by atoms with Crippen LogP contribution in [0.25, 0.3) is 0 Å². The van der Waals surface area contributed by atoms with E-state index in [-0.39, 0.29) is 14.9 Å². The molecule has 0 aromatic heterocycles. The number of aryl methyl sites for hydroxylation is 1. The molecule has 2 rings (SSSR count). The van der Waals surface area contributed by atoms with Gasteiger partial charge in [-0.2, -0.15) is 0 Å². The van der Waals surface area contributed by atoms with E-state index >= 15 is 0 Å². The third-order valence-electron chi connectivity index (χ3n) is 3.24. The summed E-state index contributed by atoms with van der Waals surface area (Å²) in [5, 5.41) is 0.0170. The second-order valence-corrected chi connectivity index (χ2v) is 7.40. The van der Waals surface area contributed by atoms with E-state index in [4.69, 9.17) is 27.9 Å². The number of ether oxygens (including phenoxy) is 1. The van der Waals surface area contributed by atoms with Gasteiger partial charge in [-0.1, -0.05) is 35.3 Å². The summed E-state index contributed by atoms with van der Waals surface area (Å²) in [6.07, 6.45) is 0. The van der Waals surface area contributed by atoms with Crippen LogP contribution in [0.1, 0.15) is 5.56 Å². The number of hydrogen-bond donors (Lipinski definition) is 0. The Bertz CT molecular complexity index is 806. The van der Waals surface area contributed by atoms with Crippen molar-refractivity contribution in [1.29, 1.82) is 0 Å². The lowest BCUT2D eigenvalue weighted by molar-refractivity contribution is 0.414. The number of methoxy groups -OCH3 is 1. The van der Waals surface area contributed by atoms with Gasteiger partial charge in [-0.3, -0.25) is 4.31 Å². The van der Waals surface area contributed by atoms with E-state index < -0.39 is 10.0 Å². The molecule has 0 atom stereocenters. The minimum Gasteiger partial charge on any atom is -0.495 e. The molecule has 22 heavy (non-hydrogen) atoms. The normalized spacial score (nSPS) is 11.3. The van der Waals surface area contributed by atoms with Crippen LogP contribution in [-0.2, 0) is 10.0 Å². The monoisotopic (exact) mass is 359 g/mol. The maximum Gasteiger partial charge on any atom is 0.265 e. The molecule has 4 nitrogen and oxygen atoms in total. The maximum absolute atomic E-state index is 12.8. The highest BCUT2D eigenvalue weighted by atomic mass is 35.5. The third-order valence-corrected chi connectivity index (χ3v) is 6.04. The molecule has 0 aliphatic carbocycles. The quantitative estimate of drug-likeness (QED) is 0.824. The van der Waals surface area contributed by atoms with Crippen molar-refractivity contribution in [3.05, 3.63) is 52.0 Å². The predicted octanol–water partition coefficient (Wildman–Crippen LogP) is 4.14. The number of benzene rings is 2. The summed E-state index contributed by atoms with van der Waals surface area (Å²) in [6, 6.07) is 10.0. The van der Waals surface area contributed by atoms with E-state index in [0.29, 0.717) is 11.4 Å². The third kappa shape index (κ3) is 3.02. The molecule has 0 radical (unpaired) electrons. The molecular weight excluding hydrogens is 345 g/mol. The van der Waals surface area contributed by atoms with Crippen molar-refractivity contribution in [2.45, 2.75) is 11.8 Å². The molecule has 2 aromatic carbocycles. The molecule has 0 aliphatic rings. The molecule has 0 saturated heterocycles. The molecule has 0 unspecified atom stereocenters. The first-order chi connectivity index (χ1) is 10.3. The average molecular weight is 360 g/mol. The molecule has 0 bridgehead atoms. The average Bonchev–Trinajstić information content (AvgIpc) is 2.48. The van der Waals surface area contributed by atoms with Crippen molar-refractivity contribution in [3.8, 4) is 5.75 Å². The molecule has 0 amide bonds. The summed E-state index contributed by atoms with van der Waals surface area (Å²) in [4.78, 5) is -0.0658. The van der Waals surface area contributed by atoms with Crippen molar-refractivity contribution in [3.63, 3.8) is 0 Å². The van der Waals surface area contributed by atoms with E-state index in [1.54, 1.807) is 18.2 Å². The fraction of sp³-hybridized carbons (Fsp3) is 0.200. The smallest absolute Gasteiger partial charge is 0.265 e. The highest BCUT2D eigenvalue weighted by Crippen LogP contribution is 2.38. The standard InChI is InChI=1S/C15H15Cl2NO3S/c1-10-5-4-6-11(9-10)18(2)22(19,20)13-8-7-12(21-3)14(16)15(13)17/h4-9H,1-3H3. The lowest BCUT2D eigenvalue weighted by Gasteiger charge is -2.21. The Morgan fingerprint density at radius 1 is 1.09 bits per heavy atom. The Balaban J connectivity index is 2.53. The van der Waals surface area contributed by atoms with Crippen molar-refractivity contribution < 1.29 is 13.2 Å². The first-order valence-electron chi connectivity index (χ1n) is 6.36. The Labute approximate surface area is 140 Å². The fourth-order valence-corrected chi connectivity index (χ4v) is 3.98. The minimum atomic E-state index is -3.83. The lowest BCUT2D eigenvalue weighted by atomic mass is 10.2. The van der Waals surface area contributed by atoms with E-state index in [0.717, 1.165) is 5.56 Å². The Kier molecular flexibility index (Phi) is 4.90. The Morgan fingerprint density at radius 2 is 1.77 bits per heavy atom. The van der Waals surface area contributed by atoms with E-state index in [2.05, 4.69) is 0 Å². The molecule has 0 spiro atoms. The zero-order valence-electron chi connectivity index (χ0n) is 12.3. The number of hydrogen-bond acceptors (Lipinski definition) is 3. The van der Waals surface area contributed by atoms with Gasteiger partial charge < -0.3 is 4.74 Å². The van der Waals surface area contributed by atoms with Gasteiger partial charge in [0, 0.05) is 7.05 Å². The van der Waals surface area contributed by atoms with E-state index in [1.165, 1.54) is 30.6 Å². The van der Waals surface area contributed by atoms with Crippen LogP contribution in [-0.4, -0.2) is 22.6 Å². The van der Waals surface area contributed by atoms with Crippen LogP contribution >= 0.6 is 23.2 Å². The van der Waals surface area contributed by atoms with Crippen LogP contribution in [0.5, 0.6) is 5.75 Å². The highest BCUT2D eigenvalue weighted by Gasteiger charge is 2.26. The summed E-state index contributed by atoms with van der Waals surface area (Å²) in [5.74, 6) is 0.323. The zero-order valence-corrected chi connectivity index (χ0v) is 14.6. The van der Waals surface area contributed by atoms with Crippen molar-refractivity contribution in [1.82, 2.24) is 0 Å². The number of rotatable bonds is 4. The molecule has 118 valence electrons. The van der Waals surface area contributed by atoms with Gasteiger partial charge in [0.05, 0.1) is 17.8 Å². The summed E-state index contributed by atoms with van der Waals surface area (Å²) < 4.78 is 31.7.